The van der Waals surface area contributed by atoms with E-state index in [2.05, 4.69) is 10.3 Å². The van der Waals surface area contributed by atoms with Crippen LogP contribution < -0.4 is 10.2 Å². The Labute approximate surface area is 141 Å². The molecule has 3 rings (SSSR count). The molecule has 126 valence electrons. The van der Waals surface area contributed by atoms with E-state index in [1.807, 2.05) is 43.3 Å². The zero-order chi connectivity index (χ0) is 17.1. The number of halogens is 1. The highest BCUT2D eigenvalue weighted by Gasteiger charge is 2.43. The van der Waals surface area contributed by atoms with Gasteiger partial charge in [-0.25, -0.2) is 4.39 Å². The highest BCUT2D eigenvalue weighted by Crippen LogP contribution is 2.47. The molecule has 2 aromatic rings. The molecule has 4 nitrogen and oxygen atoms in total. The normalized spacial score (nSPS) is 19.0. The van der Waals surface area contributed by atoms with Gasteiger partial charge in [-0.05, 0) is 48.6 Å². The van der Waals surface area contributed by atoms with Gasteiger partial charge in [0.05, 0.1) is 5.69 Å². The van der Waals surface area contributed by atoms with Crippen LogP contribution in [0.2, 0.25) is 0 Å². The van der Waals surface area contributed by atoms with Crippen molar-refractivity contribution >= 4 is 11.6 Å². The zero-order valence-corrected chi connectivity index (χ0v) is 14.0. The minimum absolute atomic E-state index is 0.00421. The molecule has 0 radical (unpaired) electrons. The molecule has 0 unspecified atom stereocenters. The van der Waals surface area contributed by atoms with Gasteiger partial charge >= 0.3 is 0 Å². The van der Waals surface area contributed by atoms with Gasteiger partial charge in [0.25, 0.3) is 0 Å². The van der Waals surface area contributed by atoms with Gasteiger partial charge in [-0.3, -0.25) is 9.78 Å². The summed E-state index contributed by atoms with van der Waals surface area (Å²) in [4.78, 5) is 18.2. The molecule has 0 saturated heterocycles. The van der Waals surface area contributed by atoms with Crippen molar-refractivity contribution in [1.82, 2.24) is 10.3 Å². The van der Waals surface area contributed by atoms with E-state index >= 15 is 0 Å². The first kappa shape index (κ1) is 16.4. The summed E-state index contributed by atoms with van der Waals surface area (Å²) in [6, 6.07) is 9.00. The van der Waals surface area contributed by atoms with E-state index in [0.29, 0.717) is 12.2 Å². The van der Waals surface area contributed by atoms with Crippen LogP contribution in [0.1, 0.15) is 30.4 Å². The fourth-order valence-corrected chi connectivity index (χ4v) is 2.91. The van der Waals surface area contributed by atoms with Gasteiger partial charge in [0.15, 0.2) is 0 Å². The summed E-state index contributed by atoms with van der Waals surface area (Å²) in [7, 11) is 1.85. The second-order valence-corrected chi connectivity index (χ2v) is 6.25. The first-order valence-corrected chi connectivity index (χ1v) is 8.27. The third-order valence-corrected chi connectivity index (χ3v) is 4.60. The molecule has 1 aliphatic rings. The first-order chi connectivity index (χ1) is 11.6. The number of nitrogens with zero attached hydrogens (tertiary/aromatic N) is 2. The van der Waals surface area contributed by atoms with Crippen molar-refractivity contribution in [3.05, 3.63) is 59.7 Å². The monoisotopic (exact) mass is 327 g/mol. The van der Waals surface area contributed by atoms with Crippen molar-refractivity contribution in [3.63, 3.8) is 0 Å². The highest BCUT2D eigenvalue weighted by atomic mass is 19.1. The number of hydrogen-bond donors (Lipinski definition) is 1. The number of rotatable bonds is 6. The summed E-state index contributed by atoms with van der Waals surface area (Å²) in [5.41, 5.74) is 2.45. The minimum Gasteiger partial charge on any atom is -0.373 e. The molecule has 1 amide bonds. The van der Waals surface area contributed by atoms with Crippen molar-refractivity contribution in [2.24, 2.45) is 5.92 Å². The molecule has 2 atom stereocenters. The zero-order valence-electron chi connectivity index (χ0n) is 14.0. The quantitative estimate of drug-likeness (QED) is 0.887. The van der Waals surface area contributed by atoms with Crippen molar-refractivity contribution < 1.29 is 9.18 Å². The van der Waals surface area contributed by atoms with E-state index in [1.54, 1.807) is 12.3 Å². The Balaban J connectivity index is 1.55. The summed E-state index contributed by atoms with van der Waals surface area (Å²) < 4.78 is 14.1. The second kappa shape index (κ2) is 6.99. The lowest BCUT2D eigenvalue weighted by atomic mass is 10.1. The smallest absolute Gasteiger partial charge is 0.224 e. The van der Waals surface area contributed by atoms with Crippen LogP contribution in [-0.4, -0.2) is 24.5 Å². The standard InChI is InChI=1S/C19H22FN3O/c1-3-23(2)18-7-6-13(9-17(18)20)11-22-19(24)16-10-15(16)14-5-4-8-21-12-14/h4-9,12,15-16H,3,10-11H2,1-2H3,(H,22,24)/t15-,16+/m1/s1. The fraction of sp³-hybridized carbons (Fsp3) is 0.368. The summed E-state index contributed by atoms with van der Waals surface area (Å²) in [5.74, 6) is 0.0327. The molecule has 1 fully saturated rings. The van der Waals surface area contributed by atoms with Crippen LogP contribution in [0.25, 0.3) is 0 Å². The fourth-order valence-electron chi connectivity index (χ4n) is 2.91. The molecule has 5 heteroatoms. The molecule has 24 heavy (non-hydrogen) atoms. The van der Waals surface area contributed by atoms with E-state index in [4.69, 9.17) is 0 Å². The van der Waals surface area contributed by atoms with Crippen LogP contribution in [0.3, 0.4) is 0 Å². The maximum Gasteiger partial charge on any atom is 0.224 e. The Bertz CT molecular complexity index is 720. The van der Waals surface area contributed by atoms with Gasteiger partial charge in [0.2, 0.25) is 5.91 Å². The number of nitrogens with one attached hydrogen (secondary N) is 1. The average Bonchev–Trinajstić information content (AvgIpc) is 3.41. The lowest BCUT2D eigenvalue weighted by Gasteiger charge is -2.18. The third-order valence-electron chi connectivity index (χ3n) is 4.60. The van der Waals surface area contributed by atoms with Gasteiger partial charge in [0.1, 0.15) is 5.82 Å². The van der Waals surface area contributed by atoms with Crippen LogP contribution in [-0.2, 0) is 11.3 Å². The van der Waals surface area contributed by atoms with E-state index in [0.717, 1.165) is 24.1 Å². The molecule has 1 aromatic heterocycles. The van der Waals surface area contributed by atoms with Crippen LogP contribution in [0.4, 0.5) is 10.1 Å². The summed E-state index contributed by atoms with van der Waals surface area (Å²) in [5, 5.41) is 2.91. The molecule has 1 heterocycles. The Morgan fingerprint density at radius 1 is 1.42 bits per heavy atom. The van der Waals surface area contributed by atoms with Crippen molar-refractivity contribution in [3.8, 4) is 0 Å². The molecule has 1 N–H and O–H groups in total. The van der Waals surface area contributed by atoms with Gasteiger partial charge in [0, 0.05) is 38.4 Å². The van der Waals surface area contributed by atoms with Gasteiger partial charge in [-0.15, -0.1) is 0 Å². The SMILES string of the molecule is CCN(C)c1ccc(CNC(=O)[C@H]2C[C@@H]2c2cccnc2)cc1F. The van der Waals surface area contributed by atoms with E-state index in [1.165, 1.54) is 6.07 Å². The number of hydrogen-bond acceptors (Lipinski definition) is 3. The lowest BCUT2D eigenvalue weighted by Crippen LogP contribution is -2.25. The van der Waals surface area contributed by atoms with Crippen molar-refractivity contribution in [2.75, 3.05) is 18.5 Å². The Morgan fingerprint density at radius 3 is 2.92 bits per heavy atom. The van der Waals surface area contributed by atoms with Crippen LogP contribution in [0.5, 0.6) is 0 Å². The molecular weight excluding hydrogens is 305 g/mol. The van der Waals surface area contributed by atoms with Crippen LogP contribution in [0, 0.1) is 11.7 Å². The number of carbonyl (C=O) groups excluding carboxylic acids is 1. The number of benzene rings is 1. The van der Waals surface area contributed by atoms with Crippen molar-refractivity contribution in [1.29, 1.82) is 0 Å². The average molecular weight is 327 g/mol. The van der Waals surface area contributed by atoms with Gasteiger partial charge in [-0.1, -0.05) is 12.1 Å². The largest absolute Gasteiger partial charge is 0.373 e. The molecule has 0 bridgehead atoms. The summed E-state index contributed by atoms with van der Waals surface area (Å²) in [6.07, 6.45) is 4.40. The van der Waals surface area contributed by atoms with E-state index in [-0.39, 0.29) is 23.6 Å². The number of aromatic nitrogens is 1. The topological polar surface area (TPSA) is 45.2 Å². The highest BCUT2D eigenvalue weighted by molar-refractivity contribution is 5.82. The second-order valence-electron chi connectivity index (χ2n) is 6.25. The van der Waals surface area contributed by atoms with Crippen molar-refractivity contribution in [2.45, 2.75) is 25.8 Å². The number of carbonyl (C=O) groups is 1. The van der Waals surface area contributed by atoms with Crippen LogP contribution >= 0.6 is 0 Å². The summed E-state index contributed by atoms with van der Waals surface area (Å²) in [6.45, 7) is 3.06. The predicted octanol–water partition coefficient (Wildman–Crippen LogP) is 3.10. The Hall–Kier alpha value is -2.43. The molecular formula is C19H22FN3O. The number of pyridine rings is 1. The predicted molar refractivity (Wildman–Crippen MR) is 92.3 cm³/mol. The van der Waals surface area contributed by atoms with E-state index in [9.17, 15) is 9.18 Å². The lowest BCUT2D eigenvalue weighted by molar-refractivity contribution is -0.122. The molecule has 1 saturated carbocycles. The summed E-state index contributed by atoms with van der Waals surface area (Å²) >= 11 is 0. The van der Waals surface area contributed by atoms with Crippen LogP contribution in [0.15, 0.2) is 42.7 Å². The third kappa shape index (κ3) is 3.55. The van der Waals surface area contributed by atoms with Gasteiger partial charge in [-0.2, -0.15) is 0 Å². The Kier molecular flexibility index (Phi) is 4.79. The van der Waals surface area contributed by atoms with Gasteiger partial charge < -0.3 is 10.2 Å². The Morgan fingerprint density at radius 2 is 2.25 bits per heavy atom. The number of anilines is 1. The molecule has 1 aliphatic carbocycles. The maximum absolute atomic E-state index is 14.1. The molecule has 0 aliphatic heterocycles. The minimum atomic E-state index is -0.259. The maximum atomic E-state index is 14.1. The molecule has 1 aromatic carbocycles. The van der Waals surface area contributed by atoms with E-state index < -0.39 is 0 Å². The first-order valence-electron chi connectivity index (χ1n) is 8.27. The number of amides is 1. The molecule has 0 spiro atoms.